The van der Waals surface area contributed by atoms with Crippen LogP contribution in [0.3, 0.4) is 0 Å². The first-order chi connectivity index (χ1) is 12.9. The molecule has 0 spiro atoms. The number of alkyl halides is 3. The highest BCUT2D eigenvalue weighted by Gasteiger charge is 2.32. The molecule has 2 unspecified atom stereocenters. The van der Waals surface area contributed by atoms with Crippen LogP contribution < -0.4 is 15.4 Å². The van der Waals surface area contributed by atoms with Crippen LogP contribution in [0.15, 0.2) is 48.5 Å². The number of halogens is 3. The molecule has 1 heterocycles. The molecular weight excluding hydrogens is 357 g/mol. The first kappa shape index (κ1) is 19.2. The van der Waals surface area contributed by atoms with Crippen LogP contribution in [0.5, 0.6) is 5.75 Å². The van der Waals surface area contributed by atoms with Crippen LogP contribution in [0, 0.1) is 0 Å². The molecule has 0 radical (unpaired) electrons. The summed E-state index contributed by atoms with van der Waals surface area (Å²) in [6, 6.07) is 12.2. The average Bonchev–Trinajstić information content (AvgIpc) is 3.09. The predicted molar refractivity (Wildman–Crippen MR) is 95.7 cm³/mol. The summed E-state index contributed by atoms with van der Waals surface area (Å²) < 4.78 is 43.3. The molecule has 2 atom stereocenters. The van der Waals surface area contributed by atoms with Crippen molar-refractivity contribution in [2.45, 2.75) is 24.6 Å². The van der Waals surface area contributed by atoms with Gasteiger partial charge in [-0.25, -0.2) is 0 Å². The molecule has 4 nitrogen and oxygen atoms in total. The lowest BCUT2D eigenvalue weighted by Crippen LogP contribution is -2.40. The third-order valence-corrected chi connectivity index (χ3v) is 4.75. The third kappa shape index (κ3) is 4.80. The summed E-state index contributed by atoms with van der Waals surface area (Å²) in [5, 5.41) is 6.19. The molecule has 3 rings (SSSR count). The van der Waals surface area contributed by atoms with Gasteiger partial charge in [0, 0.05) is 25.0 Å². The highest BCUT2D eigenvalue weighted by atomic mass is 19.4. The fourth-order valence-electron chi connectivity index (χ4n) is 3.29. The highest BCUT2D eigenvalue weighted by Crippen LogP contribution is 2.31. The first-order valence-electron chi connectivity index (χ1n) is 8.67. The average molecular weight is 378 g/mol. The van der Waals surface area contributed by atoms with Crippen molar-refractivity contribution in [1.29, 1.82) is 0 Å². The van der Waals surface area contributed by atoms with Gasteiger partial charge in [-0.1, -0.05) is 24.3 Å². The van der Waals surface area contributed by atoms with E-state index in [1.54, 1.807) is 19.2 Å². The molecule has 0 bridgehead atoms. The lowest BCUT2D eigenvalue weighted by atomic mass is 9.93. The van der Waals surface area contributed by atoms with Gasteiger partial charge >= 0.3 is 6.18 Å². The Balaban J connectivity index is 1.62. The number of hydrogen-bond donors (Lipinski definition) is 2. The third-order valence-electron chi connectivity index (χ3n) is 4.75. The maximum absolute atomic E-state index is 12.7. The summed E-state index contributed by atoms with van der Waals surface area (Å²) in [7, 11) is 1.58. The summed E-state index contributed by atoms with van der Waals surface area (Å²) >= 11 is 0. The summed E-state index contributed by atoms with van der Waals surface area (Å²) in [4.78, 5) is 12.4. The van der Waals surface area contributed by atoms with E-state index in [1.807, 2.05) is 12.1 Å². The minimum Gasteiger partial charge on any atom is -0.497 e. The SMILES string of the molecule is COc1ccc(CC(=O)NC2CNCC2c2ccc(C(F)(F)F)cc2)cc1. The zero-order chi connectivity index (χ0) is 19.4. The van der Waals surface area contributed by atoms with Gasteiger partial charge in [-0.15, -0.1) is 0 Å². The monoisotopic (exact) mass is 378 g/mol. The maximum Gasteiger partial charge on any atom is 0.416 e. The molecule has 2 aromatic rings. The van der Waals surface area contributed by atoms with Crippen molar-refractivity contribution in [2.75, 3.05) is 20.2 Å². The number of carbonyl (C=O) groups excluding carboxylic acids is 1. The Kier molecular flexibility index (Phi) is 5.70. The highest BCUT2D eigenvalue weighted by molar-refractivity contribution is 5.79. The molecule has 1 amide bonds. The van der Waals surface area contributed by atoms with Gasteiger partial charge in [0.25, 0.3) is 0 Å². The van der Waals surface area contributed by atoms with Gasteiger partial charge < -0.3 is 15.4 Å². The van der Waals surface area contributed by atoms with Gasteiger partial charge in [-0.05, 0) is 35.4 Å². The predicted octanol–water partition coefficient (Wildman–Crippen LogP) is 3.13. The minimum absolute atomic E-state index is 0.0629. The summed E-state index contributed by atoms with van der Waals surface area (Å²) in [5.74, 6) is 0.541. The van der Waals surface area contributed by atoms with Crippen LogP contribution in [0.2, 0.25) is 0 Å². The maximum atomic E-state index is 12.7. The molecule has 0 saturated carbocycles. The second-order valence-corrected chi connectivity index (χ2v) is 6.58. The van der Waals surface area contributed by atoms with Crippen molar-refractivity contribution < 1.29 is 22.7 Å². The van der Waals surface area contributed by atoms with Crippen LogP contribution in [0.25, 0.3) is 0 Å². The standard InChI is InChI=1S/C20H21F3N2O2/c1-27-16-8-2-13(3-9-16)10-19(26)25-18-12-24-11-17(18)14-4-6-15(7-5-14)20(21,22)23/h2-9,17-18,24H,10-12H2,1H3,(H,25,26). The first-order valence-corrected chi connectivity index (χ1v) is 8.67. The number of hydrogen-bond acceptors (Lipinski definition) is 3. The fraction of sp³-hybridized carbons (Fsp3) is 0.350. The summed E-state index contributed by atoms with van der Waals surface area (Å²) in [5.41, 5.74) is 0.977. The van der Waals surface area contributed by atoms with Crippen molar-refractivity contribution in [1.82, 2.24) is 10.6 Å². The van der Waals surface area contributed by atoms with Crippen LogP contribution in [-0.2, 0) is 17.4 Å². The Morgan fingerprint density at radius 2 is 1.78 bits per heavy atom. The van der Waals surface area contributed by atoms with E-state index < -0.39 is 11.7 Å². The molecule has 0 aliphatic carbocycles. The van der Waals surface area contributed by atoms with Gasteiger partial charge in [-0.3, -0.25) is 4.79 Å². The van der Waals surface area contributed by atoms with E-state index >= 15 is 0 Å². The van der Waals surface area contributed by atoms with Crippen LogP contribution in [0.1, 0.15) is 22.6 Å². The number of benzene rings is 2. The lowest BCUT2D eigenvalue weighted by molar-refractivity contribution is -0.137. The quantitative estimate of drug-likeness (QED) is 0.841. The molecule has 7 heteroatoms. The van der Waals surface area contributed by atoms with E-state index in [9.17, 15) is 18.0 Å². The van der Waals surface area contributed by atoms with E-state index in [1.165, 1.54) is 12.1 Å². The van der Waals surface area contributed by atoms with Crippen molar-refractivity contribution in [3.05, 3.63) is 65.2 Å². The van der Waals surface area contributed by atoms with Crippen LogP contribution in [-0.4, -0.2) is 32.1 Å². The lowest BCUT2D eigenvalue weighted by Gasteiger charge is -2.21. The van der Waals surface area contributed by atoms with Crippen molar-refractivity contribution in [2.24, 2.45) is 0 Å². The van der Waals surface area contributed by atoms with Gasteiger partial charge in [0.1, 0.15) is 5.75 Å². The minimum atomic E-state index is -4.35. The van der Waals surface area contributed by atoms with E-state index in [2.05, 4.69) is 10.6 Å². The van der Waals surface area contributed by atoms with Gasteiger partial charge in [0.15, 0.2) is 0 Å². The molecule has 1 aliphatic rings. The Morgan fingerprint density at radius 1 is 1.11 bits per heavy atom. The van der Waals surface area contributed by atoms with Crippen LogP contribution >= 0.6 is 0 Å². The number of carbonyl (C=O) groups is 1. The number of nitrogens with one attached hydrogen (secondary N) is 2. The normalized spacial score (nSPS) is 19.7. The topological polar surface area (TPSA) is 50.4 Å². The van der Waals surface area contributed by atoms with E-state index in [0.29, 0.717) is 13.1 Å². The smallest absolute Gasteiger partial charge is 0.416 e. The molecule has 144 valence electrons. The van der Waals surface area contributed by atoms with Gasteiger partial charge in [0.05, 0.1) is 19.1 Å². The number of methoxy groups -OCH3 is 1. The Bertz CT molecular complexity index is 773. The second kappa shape index (κ2) is 8.00. The number of ether oxygens (including phenoxy) is 1. The largest absolute Gasteiger partial charge is 0.497 e. The zero-order valence-corrected chi connectivity index (χ0v) is 14.8. The second-order valence-electron chi connectivity index (χ2n) is 6.58. The summed E-state index contributed by atoms with van der Waals surface area (Å²) in [6.45, 7) is 1.19. The Labute approximate surface area is 155 Å². The van der Waals surface area contributed by atoms with Crippen molar-refractivity contribution in [3.8, 4) is 5.75 Å². The van der Waals surface area contributed by atoms with Crippen molar-refractivity contribution >= 4 is 5.91 Å². The molecule has 1 saturated heterocycles. The molecule has 2 aromatic carbocycles. The van der Waals surface area contributed by atoms with E-state index in [0.717, 1.165) is 29.0 Å². The molecular formula is C20H21F3N2O2. The molecule has 2 N–H and O–H groups in total. The number of amides is 1. The Morgan fingerprint density at radius 3 is 2.37 bits per heavy atom. The number of rotatable bonds is 5. The zero-order valence-electron chi connectivity index (χ0n) is 14.8. The van der Waals surface area contributed by atoms with E-state index in [-0.39, 0.29) is 24.3 Å². The molecule has 1 fully saturated rings. The molecule has 0 aromatic heterocycles. The molecule has 27 heavy (non-hydrogen) atoms. The van der Waals surface area contributed by atoms with Gasteiger partial charge in [0.2, 0.25) is 5.91 Å². The van der Waals surface area contributed by atoms with Gasteiger partial charge in [-0.2, -0.15) is 13.2 Å². The fourth-order valence-corrected chi connectivity index (χ4v) is 3.29. The summed E-state index contributed by atoms with van der Waals surface area (Å²) in [6.07, 6.45) is -4.11. The molecule has 1 aliphatic heterocycles. The van der Waals surface area contributed by atoms with Crippen molar-refractivity contribution in [3.63, 3.8) is 0 Å². The Hall–Kier alpha value is -2.54. The van der Waals surface area contributed by atoms with Crippen LogP contribution in [0.4, 0.5) is 13.2 Å². The van der Waals surface area contributed by atoms with E-state index in [4.69, 9.17) is 4.74 Å².